The zero-order chi connectivity index (χ0) is 16.3. The lowest BCUT2D eigenvalue weighted by Crippen LogP contribution is -2.18. The number of hydrogen-bond acceptors (Lipinski definition) is 4. The van der Waals surface area contributed by atoms with Gasteiger partial charge in [0.2, 0.25) is 10.0 Å². The van der Waals surface area contributed by atoms with E-state index < -0.39 is 10.0 Å². The van der Waals surface area contributed by atoms with Gasteiger partial charge in [0.15, 0.2) is 0 Å². The van der Waals surface area contributed by atoms with Gasteiger partial charge in [0, 0.05) is 11.7 Å². The van der Waals surface area contributed by atoms with Gasteiger partial charge in [-0.2, -0.15) is 0 Å². The molecule has 2 aromatic rings. The maximum Gasteiger partial charge on any atom is 0.240 e. The largest absolute Gasteiger partial charge is 0.364 e. The summed E-state index contributed by atoms with van der Waals surface area (Å²) in [5, 5.41) is 3.34. The van der Waals surface area contributed by atoms with Crippen LogP contribution in [-0.2, 0) is 10.0 Å². The monoisotopic (exact) mass is 319 g/mol. The van der Waals surface area contributed by atoms with Crippen molar-refractivity contribution in [2.75, 3.05) is 12.4 Å². The molecule has 0 amide bonds. The van der Waals surface area contributed by atoms with Crippen molar-refractivity contribution < 1.29 is 8.42 Å². The van der Waals surface area contributed by atoms with Crippen LogP contribution in [0.1, 0.15) is 29.8 Å². The van der Waals surface area contributed by atoms with Crippen LogP contribution in [0.4, 0.5) is 5.82 Å². The number of nitrogens with zero attached hydrogens (tertiary/aromatic N) is 1. The van der Waals surface area contributed by atoms with E-state index in [9.17, 15) is 8.42 Å². The number of benzene rings is 1. The molecule has 118 valence electrons. The number of nitrogens with one attached hydrogen (secondary N) is 2. The Hall–Kier alpha value is -1.92. The summed E-state index contributed by atoms with van der Waals surface area (Å²) in [7, 11) is -1.99. The molecule has 6 heteroatoms. The third kappa shape index (κ3) is 3.84. The normalized spacial score (nSPS) is 12.9. The van der Waals surface area contributed by atoms with Crippen LogP contribution in [0.2, 0.25) is 0 Å². The molecule has 0 radical (unpaired) electrons. The number of hydrogen-bond donors (Lipinski definition) is 2. The molecule has 5 nitrogen and oxygen atoms in total. The van der Waals surface area contributed by atoms with Crippen LogP contribution in [0.15, 0.2) is 41.3 Å². The Morgan fingerprint density at radius 3 is 2.27 bits per heavy atom. The number of rotatable bonds is 5. The van der Waals surface area contributed by atoms with Crippen LogP contribution in [0.3, 0.4) is 0 Å². The molecule has 1 heterocycles. The minimum Gasteiger partial charge on any atom is -0.364 e. The minimum atomic E-state index is -3.39. The summed E-state index contributed by atoms with van der Waals surface area (Å²) in [6, 6.07) is 10.9. The van der Waals surface area contributed by atoms with E-state index in [4.69, 9.17) is 0 Å². The molecular formula is C16H21N3O2S. The van der Waals surface area contributed by atoms with Crippen LogP contribution in [0.25, 0.3) is 0 Å². The summed E-state index contributed by atoms with van der Waals surface area (Å²) in [6.45, 7) is 6.00. The molecule has 0 aliphatic carbocycles. The molecule has 0 aliphatic heterocycles. The van der Waals surface area contributed by atoms with Gasteiger partial charge in [-0.3, -0.25) is 0 Å². The smallest absolute Gasteiger partial charge is 0.240 e. The molecule has 1 aromatic heterocycles. The van der Waals surface area contributed by atoms with E-state index in [0.29, 0.717) is 0 Å². The predicted molar refractivity (Wildman–Crippen MR) is 88.4 cm³/mol. The van der Waals surface area contributed by atoms with Crippen LogP contribution >= 0.6 is 0 Å². The van der Waals surface area contributed by atoms with Crippen LogP contribution in [0.5, 0.6) is 0 Å². The van der Waals surface area contributed by atoms with Crippen molar-refractivity contribution in [3.63, 3.8) is 0 Å². The molecule has 0 fully saturated rings. The van der Waals surface area contributed by atoms with E-state index in [1.165, 1.54) is 7.05 Å². The van der Waals surface area contributed by atoms with Crippen LogP contribution in [0, 0.1) is 13.8 Å². The van der Waals surface area contributed by atoms with E-state index in [1.54, 1.807) is 12.1 Å². The van der Waals surface area contributed by atoms with Crippen molar-refractivity contribution in [3.8, 4) is 0 Å². The molecule has 2 rings (SSSR count). The quantitative estimate of drug-likeness (QED) is 0.889. The Kier molecular flexibility index (Phi) is 4.83. The van der Waals surface area contributed by atoms with Gasteiger partial charge in [-0.05, 0) is 63.2 Å². The highest BCUT2D eigenvalue weighted by Crippen LogP contribution is 2.20. The first-order valence-electron chi connectivity index (χ1n) is 7.07. The SMILES string of the molecule is CNS(=O)(=O)c1ccc([C@H](C)Nc2cc(C)cc(C)n2)cc1. The summed E-state index contributed by atoms with van der Waals surface area (Å²) in [6.07, 6.45) is 0. The Balaban J connectivity index is 2.18. The van der Waals surface area contributed by atoms with E-state index in [2.05, 4.69) is 15.0 Å². The third-order valence-corrected chi connectivity index (χ3v) is 4.85. The first kappa shape index (κ1) is 16.5. The zero-order valence-corrected chi connectivity index (χ0v) is 14.0. The first-order valence-corrected chi connectivity index (χ1v) is 8.55. The Labute approximate surface area is 131 Å². The Bertz CT molecular complexity index is 735. The van der Waals surface area contributed by atoms with Crippen LogP contribution < -0.4 is 10.0 Å². The molecular weight excluding hydrogens is 298 g/mol. The van der Waals surface area contributed by atoms with Gasteiger partial charge >= 0.3 is 0 Å². The summed E-state index contributed by atoms with van der Waals surface area (Å²) < 4.78 is 25.7. The van der Waals surface area contributed by atoms with Crippen molar-refractivity contribution in [1.82, 2.24) is 9.71 Å². The second-order valence-corrected chi connectivity index (χ2v) is 7.20. The lowest BCUT2D eigenvalue weighted by atomic mass is 10.1. The van der Waals surface area contributed by atoms with Crippen LogP contribution in [-0.4, -0.2) is 20.4 Å². The van der Waals surface area contributed by atoms with Gasteiger partial charge in [-0.15, -0.1) is 0 Å². The topological polar surface area (TPSA) is 71.1 Å². The summed E-state index contributed by atoms with van der Waals surface area (Å²) in [4.78, 5) is 4.71. The molecule has 0 unspecified atom stereocenters. The van der Waals surface area contributed by atoms with Gasteiger partial charge in [0.1, 0.15) is 5.82 Å². The fraction of sp³-hybridized carbons (Fsp3) is 0.312. The standard InChI is InChI=1S/C16H21N3O2S/c1-11-9-12(2)18-16(10-11)19-13(3)14-5-7-15(8-6-14)22(20,21)17-4/h5-10,13,17H,1-4H3,(H,18,19)/t13-/m0/s1. The number of anilines is 1. The Morgan fingerprint density at radius 1 is 1.09 bits per heavy atom. The van der Waals surface area contributed by atoms with Gasteiger partial charge in [-0.1, -0.05) is 12.1 Å². The van der Waals surface area contributed by atoms with E-state index >= 15 is 0 Å². The highest BCUT2D eigenvalue weighted by molar-refractivity contribution is 7.89. The summed E-state index contributed by atoms with van der Waals surface area (Å²) in [5.41, 5.74) is 3.11. The van der Waals surface area contributed by atoms with Gasteiger partial charge in [-0.25, -0.2) is 18.1 Å². The van der Waals surface area contributed by atoms with Crippen molar-refractivity contribution in [2.45, 2.75) is 31.7 Å². The van der Waals surface area contributed by atoms with Crippen molar-refractivity contribution in [3.05, 3.63) is 53.2 Å². The minimum absolute atomic E-state index is 0.0278. The summed E-state index contributed by atoms with van der Waals surface area (Å²) >= 11 is 0. The zero-order valence-electron chi connectivity index (χ0n) is 13.2. The lowest BCUT2D eigenvalue weighted by molar-refractivity contribution is 0.588. The molecule has 1 atom stereocenters. The fourth-order valence-corrected chi connectivity index (χ4v) is 3.00. The first-order chi connectivity index (χ1) is 10.3. The molecule has 0 spiro atoms. The maximum absolute atomic E-state index is 11.7. The molecule has 2 N–H and O–H groups in total. The molecule has 1 aromatic carbocycles. The third-order valence-electron chi connectivity index (χ3n) is 3.42. The average Bonchev–Trinajstić information content (AvgIpc) is 2.46. The molecule has 0 saturated heterocycles. The number of pyridine rings is 1. The molecule has 0 aliphatic rings. The van der Waals surface area contributed by atoms with Gasteiger partial charge < -0.3 is 5.32 Å². The Morgan fingerprint density at radius 2 is 1.73 bits per heavy atom. The highest BCUT2D eigenvalue weighted by Gasteiger charge is 2.12. The second-order valence-electron chi connectivity index (χ2n) is 5.31. The second kappa shape index (κ2) is 6.46. The maximum atomic E-state index is 11.7. The van der Waals surface area contributed by atoms with E-state index in [-0.39, 0.29) is 10.9 Å². The van der Waals surface area contributed by atoms with E-state index in [0.717, 1.165) is 22.6 Å². The van der Waals surface area contributed by atoms with Gasteiger partial charge in [0.25, 0.3) is 0 Å². The molecule has 0 bridgehead atoms. The highest BCUT2D eigenvalue weighted by atomic mass is 32.2. The lowest BCUT2D eigenvalue weighted by Gasteiger charge is -2.16. The van der Waals surface area contributed by atoms with Crippen molar-refractivity contribution in [1.29, 1.82) is 0 Å². The molecule has 0 saturated carbocycles. The molecule has 22 heavy (non-hydrogen) atoms. The van der Waals surface area contributed by atoms with Crippen molar-refractivity contribution >= 4 is 15.8 Å². The van der Waals surface area contributed by atoms with Crippen molar-refractivity contribution in [2.24, 2.45) is 0 Å². The average molecular weight is 319 g/mol. The number of aryl methyl sites for hydroxylation is 2. The fourth-order valence-electron chi connectivity index (χ4n) is 2.27. The van der Waals surface area contributed by atoms with Gasteiger partial charge in [0.05, 0.1) is 4.90 Å². The van der Waals surface area contributed by atoms with E-state index in [1.807, 2.05) is 45.0 Å². The number of sulfonamides is 1. The summed E-state index contributed by atoms with van der Waals surface area (Å²) in [5.74, 6) is 0.817. The predicted octanol–water partition coefficient (Wildman–Crippen LogP) is 2.78. The number of aromatic nitrogens is 1.